The molecule has 2 heterocycles. The number of anilines is 1. The Morgan fingerprint density at radius 3 is 2.70 bits per heavy atom. The number of carbonyl (C=O) groups is 2. The van der Waals surface area contributed by atoms with Crippen molar-refractivity contribution >= 4 is 29.1 Å². The average molecular weight is 392 g/mol. The first kappa shape index (κ1) is 20.2. The maximum Gasteiger partial charge on any atom is 0.255 e. The molecule has 2 aliphatic heterocycles. The van der Waals surface area contributed by atoms with Gasteiger partial charge in [0.1, 0.15) is 0 Å². The molecule has 2 saturated heterocycles. The van der Waals surface area contributed by atoms with Crippen molar-refractivity contribution in [3.05, 3.63) is 28.8 Å². The summed E-state index contributed by atoms with van der Waals surface area (Å²) in [6.07, 6.45) is 6.98. The monoisotopic (exact) mass is 391 g/mol. The van der Waals surface area contributed by atoms with Gasteiger partial charge in [-0.3, -0.25) is 9.59 Å². The zero-order valence-electron chi connectivity index (χ0n) is 16.1. The van der Waals surface area contributed by atoms with E-state index >= 15 is 0 Å². The molecule has 5 nitrogen and oxygen atoms in total. The molecule has 3 rings (SSSR count). The summed E-state index contributed by atoms with van der Waals surface area (Å²) in [6.45, 7) is 4.97. The minimum atomic E-state index is -0.0176. The van der Waals surface area contributed by atoms with Crippen LogP contribution in [0, 0.1) is 5.92 Å². The summed E-state index contributed by atoms with van der Waals surface area (Å²) in [6, 6.07) is 5.44. The lowest BCUT2D eigenvalue weighted by atomic mass is 9.93. The van der Waals surface area contributed by atoms with Crippen molar-refractivity contribution in [1.29, 1.82) is 0 Å². The van der Waals surface area contributed by atoms with Crippen LogP contribution in [0.3, 0.4) is 0 Å². The second-order valence-electron chi connectivity index (χ2n) is 7.82. The Balaban J connectivity index is 1.55. The van der Waals surface area contributed by atoms with Crippen LogP contribution in [-0.4, -0.2) is 42.4 Å². The van der Waals surface area contributed by atoms with Gasteiger partial charge in [0.05, 0.1) is 10.6 Å². The van der Waals surface area contributed by atoms with Crippen LogP contribution in [0.2, 0.25) is 5.02 Å². The first-order valence-electron chi connectivity index (χ1n) is 10.2. The molecule has 1 aromatic carbocycles. The number of rotatable bonds is 5. The van der Waals surface area contributed by atoms with Crippen molar-refractivity contribution in [3.63, 3.8) is 0 Å². The molecule has 0 radical (unpaired) electrons. The van der Waals surface area contributed by atoms with Gasteiger partial charge in [-0.1, -0.05) is 11.6 Å². The molecule has 0 aromatic heterocycles. The summed E-state index contributed by atoms with van der Waals surface area (Å²) >= 11 is 6.37. The van der Waals surface area contributed by atoms with E-state index in [4.69, 9.17) is 11.6 Å². The zero-order chi connectivity index (χ0) is 19.2. The Hall–Kier alpha value is -1.59. The minimum Gasteiger partial charge on any atom is -0.336 e. The van der Waals surface area contributed by atoms with E-state index < -0.39 is 0 Å². The molecule has 1 aromatic rings. The molecule has 2 N–H and O–H groups in total. The lowest BCUT2D eigenvalue weighted by Crippen LogP contribution is -2.42. The second-order valence-corrected chi connectivity index (χ2v) is 8.23. The van der Waals surface area contributed by atoms with Crippen LogP contribution in [0.4, 0.5) is 5.69 Å². The third-order valence-electron chi connectivity index (χ3n) is 5.79. The molecular weight excluding hydrogens is 362 g/mol. The van der Waals surface area contributed by atoms with Gasteiger partial charge < -0.3 is 15.5 Å². The van der Waals surface area contributed by atoms with Crippen LogP contribution in [0.1, 0.15) is 62.2 Å². The molecule has 0 aliphatic carbocycles. The molecule has 148 valence electrons. The van der Waals surface area contributed by atoms with E-state index in [9.17, 15) is 9.59 Å². The van der Waals surface area contributed by atoms with Crippen molar-refractivity contribution < 1.29 is 9.59 Å². The highest BCUT2D eigenvalue weighted by atomic mass is 35.5. The number of hydrogen-bond donors (Lipinski definition) is 2. The first-order chi connectivity index (χ1) is 13.0. The van der Waals surface area contributed by atoms with E-state index in [-0.39, 0.29) is 17.9 Å². The maximum absolute atomic E-state index is 12.8. The van der Waals surface area contributed by atoms with Gasteiger partial charge in [0.25, 0.3) is 5.91 Å². The average Bonchev–Trinajstić information content (AvgIpc) is 2.67. The number of nitrogens with one attached hydrogen (secondary N) is 2. The van der Waals surface area contributed by atoms with Crippen LogP contribution in [0.25, 0.3) is 0 Å². The lowest BCUT2D eigenvalue weighted by Gasteiger charge is -2.33. The molecule has 1 atom stereocenters. The summed E-state index contributed by atoms with van der Waals surface area (Å²) in [4.78, 5) is 26.9. The Kier molecular flexibility index (Phi) is 7.13. The van der Waals surface area contributed by atoms with Crippen molar-refractivity contribution in [2.45, 2.75) is 57.9 Å². The summed E-state index contributed by atoms with van der Waals surface area (Å²) < 4.78 is 0. The first-order valence-corrected chi connectivity index (χ1v) is 10.5. The van der Waals surface area contributed by atoms with Crippen molar-refractivity contribution in [1.82, 2.24) is 10.2 Å². The van der Waals surface area contributed by atoms with E-state index in [1.165, 1.54) is 6.42 Å². The number of benzene rings is 1. The number of amides is 2. The summed E-state index contributed by atoms with van der Waals surface area (Å²) in [7, 11) is 0. The smallest absolute Gasteiger partial charge is 0.255 e. The van der Waals surface area contributed by atoms with E-state index in [2.05, 4.69) is 17.6 Å². The SMILES string of the molecule is CC1CCCCN1C(=O)c1ccc(NC(=O)CCC2CCNCC2)cc1Cl. The molecule has 0 bridgehead atoms. The normalized spacial score (nSPS) is 21.1. The summed E-state index contributed by atoms with van der Waals surface area (Å²) in [5.74, 6) is 0.622. The number of carbonyl (C=O) groups excluding carboxylic acids is 2. The molecule has 0 spiro atoms. The largest absolute Gasteiger partial charge is 0.336 e. The molecule has 6 heteroatoms. The molecule has 2 fully saturated rings. The van der Waals surface area contributed by atoms with Gasteiger partial charge >= 0.3 is 0 Å². The van der Waals surface area contributed by atoms with Gasteiger partial charge in [0, 0.05) is 24.7 Å². The fourth-order valence-electron chi connectivity index (χ4n) is 4.05. The van der Waals surface area contributed by atoms with Crippen molar-refractivity contribution in [2.75, 3.05) is 25.0 Å². The zero-order valence-corrected chi connectivity index (χ0v) is 16.9. The number of hydrogen-bond acceptors (Lipinski definition) is 3. The standard InChI is InChI=1S/C21H30ClN3O2/c1-15-4-2-3-13-25(15)21(27)18-7-6-17(14-19(18)22)24-20(26)8-5-16-9-11-23-12-10-16/h6-7,14-16,23H,2-5,8-13H2,1H3,(H,24,26). The third kappa shape index (κ3) is 5.45. The van der Waals surface area contributed by atoms with E-state index in [0.717, 1.165) is 51.7 Å². The fraction of sp³-hybridized carbons (Fsp3) is 0.619. The number of piperidine rings is 2. The third-order valence-corrected chi connectivity index (χ3v) is 6.10. The number of nitrogens with zero attached hydrogens (tertiary/aromatic N) is 1. The maximum atomic E-state index is 12.8. The van der Waals surface area contributed by atoms with E-state index in [0.29, 0.717) is 28.6 Å². The fourth-order valence-corrected chi connectivity index (χ4v) is 4.31. The summed E-state index contributed by atoms with van der Waals surface area (Å²) in [5, 5.41) is 6.65. The predicted octanol–water partition coefficient (Wildman–Crippen LogP) is 4.07. The predicted molar refractivity (Wildman–Crippen MR) is 109 cm³/mol. The van der Waals surface area contributed by atoms with Crippen LogP contribution < -0.4 is 10.6 Å². The highest BCUT2D eigenvalue weighted by Crippen LogP contribution is 2.26. The minimum absolute atomic E-state index is 0.00771. The van der Waals surface area contributed by atoms with Crippen LogP contribution >= 0.6 is 11.6 Å². The van der Waals surface area contributed by atoms with Gasteiger partial charge in [-0.2, -0.15) is 0 Å². The van der Waals surface area contributed by atoms with Gasteiger partial charge in [0.2, 0.25) is 5.91 Å². The van der Waals surface area contributed by atoms with Crippen LogP contribution in [-0.2, 0) is 4.79 Å². The molecule has 27 heavy (non-hydrogen) atoms. The van der Waals surface area contributed by atoms with Gasteiger partial charge in [-0.25, -0.2) is 0 Å². The molecule has 2 amide bonds. The van der Waals surface area contributed by atoms with Gasteiger partial charge in [-0.05, 0) is 82.7 Å². The number of likely N-dealkylation sites (tertiary alicyclic amines) is 1. The Bertz CT molecular complexity index is 673. The van der Waals surface area contributed by atoms with Crippen molar-refractivity contribution in [2.24, 2.45) is 5.92 Å². The summed E-state index contributed by atoms with van der Waals surface area (Å²) in [5.41, 5.74) is 1.16. The highest BCUT2D eigenvalue weighted by Gasteiger charge is 2.25. The Labute approximate surface area is 166 Å². The van der Waals surface area contributed by atoms with E-state index in [1.807, 2.05) is 4.90 Å². The molecule has 2 aliphatic rings. The topological polar surface area (TPSA) is 61.4 Å². The van der Waals surface area contributed by atoms with Crippen LogP contribution in [0.15, 0.2) is 18.2 Å². The number of halogens is 1. The van der Waals surface area contributed by atoms with Gasteiger partial charge in [0.15, 0.2) is 0 Å². The highest BCUT2D eigenvalue weighted by molar-refractivity contribution is 6.34. The molecule has 0 saturated carbocycles. The quantitative estimate of drug-likeness (QED) is 0.795. The molecule has 1 unspecified atom stereocenters. The molecular formula is C21H30ClN3O2. The van der Waals surface area contributed by atoms with E-state index in [1.54, 1.807) is 18.2 Å². The van der Waals surface area contributed by atoms with Crippen LogP contribution in [0.5, 0.6) is 0 Å². The van der Waals surface area contributed by atoms with Gasteiger partial charge in [-0.15, -0.1) is 0 Å². The Morgan fingerprint density at radius 1 is 1.22 bits per heavy atom. The second kappa shape index (κ2) is 9.56. The van der Waals surface area contributed by atoms with Crippen molar-refractivity contribution in [3.8, 4) is 0 Å². The lowest BCUT2D eigenvalue weighted by molar-refractivity contribution is -0.116. The Morgan fingerprint density at radius 2 is 2.00 bits per heavy atom.